The molecule has 0 spiro atoms. The van der Waals surface area contributed by atoms with Crippen LogP contribution in [-0.2, 0) is 9.53 Å². The Hall–Kier alpha value is -2.25. The Labute approximate surface area is 143 Å². The zero-order chi connectivity index (χ0) is 18.6. The van der Waals surface area contributed by atoms with Crippen LogP contribution in [0, 0.1) is 0 Å². The normalized spacial score (nSPS) is 20.9. The van der Waals surface area contributed by atoms with E-state index in [-0.39, 0.29) is 23.6 Å². The zero-order valence-electron chi connectivity index (χ0n) is 14.0. The SMILES string of the molecule is CC1CCCC(C)N1C(=O)COC(=O)c1ccc(OC(F)(F)F)cc1. The summed E-state index contributed by atoms with van der Waals surface area (Å²) in [7, 11) is 0. The number of nitrogens with zero attached hydrogens (tertiary/aromatic N) is 1. The third-order valence-corrected chi connectivity index (χ3v) is 4.13. The summed E-state index contributed by atoms with van der Waals surface area (Å²) in [6.45, 7) is 3.51. The molecule has 0 N–H and O–H groups in total. The van der Waals surface area contributed by atoms with Gasteiger partial charge >= 0.3 is 12.3 Å². The van der Waals surface area contributed by atoms with Gasteiger partial charge in [0.2, 0.25) is 0 Å². The van der Waals surface area contributed by atoms with Gasteiger partial charge in [0.25, 0.3) is 5.91 Å². The van der Waals surface area contributed by atoms with E-state index >= 15 is 0 Å². The third kappa shape index (κ3) is 5.37. The van der Waals surface area contributed by atoms with Crippen LogP contribution < -0.4 is 4.74 Å². The maximum atomic E-state index is 12.3. The summed E-state index contributed by atoms with van der Waals surface area (Å²) in [5, 5.41) is 0. The summed E-state index contributed by atoms with van der Waals surface area (Å²) < 4.78 is 45.0. The molecule has 1 aromatic carbocycles. The molecular formula is C17H20F3NO4. The number of piperidine rings is 1. The van der Waals surface area contributed by atoms with Crippen molar-refractivity contribution >= 4 is 11.9 Å². The lowest BCUT2D eigenvalue weighted by molar-refractivity contribution is -0.274. The quantitative estimate of drug-likeness (QED) is 0.772. The molecular weight excluding hydrogens is 339 g/mol. The zero-order valence-corrected chi connectivity index (χ0v) is 14.0. The third-order valence-electron chi connectivity index (χ3n) is 4.13. The second-order valence-electron chi connectivity index (χ2n) is 6.08. The van der Waals surface area contributed by atoms with Crippen LogP contribution in [0.5, 0.6) is 5.75 Å². The van der Waals surface area contributed by atoms with Gasteiger partial charge in [-0.05, 0) is 57.4 Å². The van der Waals surface area contributed by atoms with E-state index in [0.29, 0.717) is 0 Å². The monoisotopic (exact) mass is 359 g/mol. The van der Waals surface area contributed by atoms with E-state index in [0.717, 1.165) is 43.5 Å². The molecule has 0 radical (unpaired) electrons. The first kappa shape index (κ1) is 19.1. The summed E-state index contributed by atoms with van der Waals surface area (Å²) in [4.78, 5) is 25.9. The van der Waals surface area contributed by atoms with Gasteiger partial charge in [-0.2, -0.15) is 0 Å². The Kier molecular flexibility index (Phi) is 5.92. The van der Waals surface area contributed by atoms with E-state index in [4.69, 9.17) is 4.74 Å². The molecule has 0 bridgehead atoms. The molecule has 2 atom stereocenters. The van der Waals surface area contributed by atoms with Crippen LogP contribution in [0.4, 0.5) is 13.2 Å². The number of amides is 1. The molecule has 0 saturated carbocycles. The Morgan fingerprint density at radius 2 is 1.68 bits per heavy atom. The van der Waals surface area contributed by atoms with Gasteiger partial charge in [-0.15, -0.1) is 13.2 Å². The summed E-state index contributed by atoms with van der Waals surface area (Å²) in [6, 6.07) is 4.52. The van der Waals surface area contributed by atoms with Gasteiger partial charge in [0, 0.05) is 12.1 Å². The van der Waals surface area contributed by atoms with Crippen LogP contribution in [0.25, 0.3) is 0 Å². The van der Waals surface area contributed by atoms with Crippen molar-refractivity contribution in [3.05, 3.63) is 29.8 Å². The van der Waals surface area contributed by atoms with E-state index in [1.54, 1.807) is 4.90 Å². The first-order valence-electron chi connectivity index (χ1n) is 8.01. The summed E-state index contributed by atoms with van der Waals surface area (Å²) in [5.74, 6) is -1.48. The minimum Gasteiger partial charge on any atom is -0.452 e. The largest absolute Gasteiger partial charge is 0.573 e. The lowest BCUT2D eigenvalue weighted by Gasteiger charge is -2.38. The predicted molar refractivity (Wildman–Crippen MR) is 83.0 cm³/mol. The minimum absolute atomic E-state index is 0.0436. The molecule has 1 heterocycles. The average Bonchev–Trinajstić information content (AvgIpc) is 2.51. The maximum absolute atomic E-state index is 12.3. The van der Waals surface area contributed by atoms with Crippen LogP contribution >= 0.6 is 0 Å². The smallest absolute Gasteiger partial charge is 0.452 e. The van der Waals surface area contributed by atoms with Gasteiger partial charge in [-0.3, -0.25) is 4.79 Å². The number of esters is 1. The highest BCUT2D eigenvalue weighted by Gasteiger charge is 2.31. The number of benzene rings is 1. The van der Waals surface area contributed by atoms with Crippen LogP contribution in [0.1, 0.15) is 43.5 Å². The lowest BCUT2D eigenvalue weighted by atomic mass is 9.97. The lowest BCUT2D eigenvalue weighted by Crippen LogP contribution is -2.49. The fourth-order valence-electron chi connectivity index (χ4n) is 2.99. The summed E-state index contributed by atoms with van der Waals surface area (Å²) in [6.07, 6.45) is -1.93. The number of hydrogen-bond acceptors (Lipinski definition) is 4. The van der Waals surface area contributed by atoms with Crippen molar-refractivity contribution in [3.8, 4) is 5.75 Å². The number of hydrogen-bond donors (Lipinski definition) is 0. The van der Waals surface area contributed by atoms with Crippen LogP contribution in [0.3, 0.4) is 0 Å². The highest BCUT2D eigenvalue weighted by molar-refractivity contribution is 5.91. The van der Waals surface area contributed by atoms with E-state index < -0.39 is 24.7 Å². The number of alkyl halides is 3. The standard InChI is InChI=1S/C17H20F3NO4/c1-11-4-3-5-12(2)21(11)15(22)10-24-16(23)13-6-8-14(9-7-13)25-17(18,19)20/h6-9,11-12H,3-5,10H2,1-2H3. The minimum atomic E-state index is -4.80. The van der Waals surface area contributed by atoms with Crippen LogP contribution in [-0.4, -0.2) is 41.8 Å². The first-order valence-corrected chi connectivity index (χ1v) is 8.01. The Balaban J connectivity index is 1.90. The number of carbonyl (C=O) groups excluding carboxylic acids is 2. The number of carbonyl (C=O) groups is 2. The first-order chi connectivity index (χ1) is 11.7. The summed E-state index contributed by atoms with van der Waals surface area (Å²) >= 11 is 0. The van der Waals surface area contributed by atoms with E-state index in [1.807, 2.05) is 13.8 Å². The molecule has 1 saturated heterocycles. The van der Waals surface area contributed by atoms with Crippen molar-refractivity contribution in [2.75, 3.05) is 6.61 Å². The van der Waals surface area contributed by atoms with Gasteiger partial charge in [0.15, 0.2) is 6.61 Å². The predicted octanol–water partition coefficient (Wildman–Crippen LogP) is 3.53. The Bertz CT molecular complexity index is 605. The second-order valence-corrected chi connectivity index (χ2v) is 6.08. The summed E-state index contributed by atoms with van der Waals surface area (Å²) in [5.41, 5.74) is 0.0436. The van der Waals surface area contributed by atoms with E-state index in [1.165, 1.54) is 0 Å². The number of rotatable bonds is 4. The average molecular weight is 359 g/mol. The van der Waals surface area contributed by atoms with Gasteiger partial charge < -0.3 is 14.4 Å². The molecule has 0 aromatic heterocycles. The molecule has 8 heteroatoms. The number of ether oxygens (including phenoxy) is 2. The molecule has 2 rings (SSSR count). The maximum Gasteiger partial charge on any atom is 0.573 e. The van der Waals surface area contributed by atoms with Crippen molar-refractivity contribution in [1.29, 1.82) is 0 Å². The van der Waals surface area contributed by atoms with Crippen molar-refractivity contribution in [2.45, 2.75) is 51.6 Å². The van der Waals surface area contributed by atoms with E-state index in [2.05, 4.69) is 4.74 Å². The molecule has 1 aromatic rings. The van der Waals surface area contributed by atoms with Crippen molar-refractivity contribution in [3.63, 3.8) is 0 Å². The molecule has 1 amide bonds. The van der Waals surface area contributed by atoms with Gasteiger partial charge in [-0.1, -0.05) is 0 Å². The number of likely N-dealkylation sites (tertiary alicyclic amines) is 1. The second kappa shape index (κ2) is 7.76. The highest BCUT2D eigenvalue weighted by Crippen LogP contribution is 2.24. The van der Waals surface area contributed by atoms with Gasteiger partial charge in [0.1, 0.15) is 5.75 Å². The molecule has 1 aliphatic heterocycles. The van der Waals surface area contributed by atoms with Gasteiger partial charge in [0.05, 0.1) is 5.56 Å². The number of halogens is 3. The van der Waals surface area contributed by atoms with Crippen LogP contribution in [0.2, 0.25) is 0 Å². The van der Waals surface area contributed by atoms with Crippen molar-refractivity contribution < 1.29 is 32.2 Å². The fourth-order valence-corrected chi connectivity index (χ4v) is 2.99. The van der Waals surface area contributed by atoms with Crippen molar-refractivity contribution in [1.82, 2.24) is 4.90 Å². The Morgan fingerprint density at radius 3 is 2.20 bits per heavy atom. The van der Waals surface area contributed by atoms with E-state index in [9.17, 15) is 22.8 Å². The molecule has 1 aliphatic rings. The topological polar surface area (TPSA) is 55.8 Å². The molecule has 138 valence electrons. The molecule has 25 heavy (non-hydrogen) atoms. The molecule has 1 fully saturated rings. The molecule has 5 nitrogen and oxygen atoms in total. The molecule has 2 unspecified atom stereocenters. The molecule has 0 aliphatic carbocycles. The van der Waals surface area contributed by atoms with Crippen LogP contribution in [0.15, 0.2) is 24.3 Å². The van der Waals surface area contributed by atoms with Gasteiger partial charge in [-0.25, -0.2) is 4.79 Å². The Morgan fingerprint density at radius 1 is 1.12 bits per heavy atom. The van der Waals surface area contributed by atoms with Crippen molar-refractivity contribution in [2.24, 2.45) is 0 Å². The fraction of sp³-hybridized carbons (Fsp3) is 0.529. The highest BCUT2D eigenvalue weighted by atomic mass is 19.4.